The van der Waals surface area contributed by atoms with Gasteiger partial charge in [-0.1, -0.05) is 19.9 Å². The molecule has 2 unspecified atom stereocenters. The van der Waals surface area contributed by atoms with Gasteiger partial charge in [-0.3, -0.25) is 14.4 Å². The molecule has 3 heterocycles. The maximum atomic E-state index is 14.7. The summed E-state index contributed by atoms with van der Waals surface area (Å²) in [5, 5.41) is 10.3. The van der Waals surface area contributed by atoms with Crippen LogP contribution in [0.4, 0.5) is 11.4 Å². The second kappa shape index (κ2) is 11.9. The van der Waals surface area contributed by atoms with Crippen molar-refractivity contribution in [3.05, 3.63) is 36.9 Å². The van der Waals surface area contributed by atoms with Gasteiger partial charge in [0.15, 0.2) is 0 Å². The Morgan fingerprint density at radius 3 is 2.33 bits per heavy atom. The van der Waals surface area contributed by atoms with Gasteiger partial charge in [-0.15, -0.1) is 6.58 Å². The van der Waals surface area contributed by atoms with Crippen LogP contribution in [0.15, 0.2) is 36.9 Å². The molecule has 3 aliphatic heterocycles. The highest BCUT2D eigenvalue weighted by Gasteiger charge is 2.79. The van der Waals surface area contributed by atoms with Crippen LogP contribution in [-0.2, 0) is 23.9 Å². The van der Waals surface area contributed by atoms with E-state index in [0.29, 0.717) is 31.4 Å². The topological polar surface area (TPSA) is 99.6 Å². The number of anilines is 2. The molecule has 2 amide bonds. The van der Waals surface area contributed by atoms with Crippen molar-refractivity contribution in [1.29, 1.82) is 0 Å². The number of fused-ring (bicyclic) bond motifs is 1. The van der Waals surface area contributed by atoms with E-state index in [9.17, 15) is 19.5 Å². The second-order valence-electron chi connectivity index (χ2n) is 11.0. The maximum Gasteiger partial charge on any atom is 0.312 e. The van der Waals surface area contributed by atoms with E-state index in [1.54, 1.807) is 17.9 Å². The number of aliphatic hydroxyl groups excluding tert-OH is 1. The zero-order chi connectivity index (χ0) is 29.2. The van der Waals surface area contributed by atoms with Gasteiger partial charge in [-0.05, 0) is 70.7 Å². The molecular weight excluding hydrogens is 510 g/mol. The fourth-order valence-corrected chi connectivity index (χ4v) is 7.36. The molecule has 3 fully saturated rings. The van der Waals surface area contributed by atoms with Crippen molar-refractivity contribution in [2.45, 2.75) is 83.6 Å². The minimum atomic E-state index is -1.18. The SMILES string of the molecule is C=CCN(C(=O)C1N([C@@H](CC)CO)C(=O)[C@@H]2[C@@H](C(=O)OCC)[C@@]3(CC)CCC12O3)c1ccc(N(CC)CC)cc1. The van der Waals surface area contributed by atoms with Crippen LogP contribution in [0.25, 0.3) is 0 Å². The highest BCUT2D eigenvalue weighted by Crippen LogP contribution is 2.65. The van der Waals surface area contributed by atoms with E-state index >= 15 is 0 Å². The van der Waals surface area contributed by atoms with Gasteiger partial charge in [0.05, 0.1) is 30.8 Å². The minimum absolute atomic E-state index is 0.194. The van der Waals surface area contributed by atoms with Crippen LogP contribution < -0.4 is 9.80 Å². The largest absolute Gasteiger partial charge is 0.466 e. The average molecular weight is 556 g/mol. The van der Waals surface area contributed by atoms with Crippen molar-refractivity contribution in [2.24, 2.45) is 11.8 Å². The van der Waals surface area contributed by atoms with Gasteiger partial charge in [0.2, 0.25) is 5.91 Å². The van der Waals surface area contributed by atoms with E-state index in [2.05, 4.69) is 25.3 Å². The van der Waals surface area contributed by atoms with E-state index in [-0.39, 0.29) is 31.6 Å². The summed E-state index contributed by atoms with van der Waals surface area (Å²) in [4.78, 5) is 47.6. The number of likely N-dealkylation sites (tertiary alicyclic amines) is 1. The Kier molecular flexibility index (Phi) is 8.95. The number of carbonyl (C=O) groups is 3. The number of hydrogen-bond donors (Lipinski definition) is 1. The number of rotatable bonds is 13. The van der Waals surface area contributed by atoms with Crippen LogP contribution in [0.2, 0.25) is 0 Å². The average Bonchev–Trinajstić information content (AvgIpc) is 3.57. The normalized spacial score (nSPS) is 29.3. The molecule has 0 aromatic heterocycles. The summed E-state index contributed by atoms with van der Waals surface area (Å²) in [6.07, 6.45) is 3.69. The predicted octanol–water partition coefficient (Wildman–Crippen LogP) is 3.54. The summed E-state index contributed by atoms with van der Waals surface area (Å²) in [5.74, 6) is -2.71. The van der Waals surface area contributed by atoms with Crippen molar-refractivity contribution in [1.82, 2.24) is 4.90 Å². The standard InChI is InChI=1S/C31H45N3O6/c1-7-19-33(23-15-13-22(14-16-23)32(10-4)11-5)28(37)26-31-18-17-30(9-3,40-31)25(29(38)39-12-6)24(31)27(36)34(26)21(8-2)20-35/h7,13-16,21,24-26,35H,1,8-12,17-20H2,2-6H3/t21-,24-,25-,26?,30+,31?/m0/s1. The number of ether oxygens (including phenoxy) is 2. The first-order chi connectivity index (χ1) is 19.2. The monoisotopic (exact) mass is 555 g/mol. The Labute approximate surface area is 238 Å². The third-order valence-corrected chi connectivity index (χ3v) is 9.34. The van der Waals surface area contributed by atoms with Gasteiger partial charge in [0.1, 0.15) is 17.6 Å². The lowest BCUT2D eigenvalue weighted by Crippen LogP contribution is -2.59. The Balaban J connectivity index is 1.81. The van der Waals surface area contributed by atoms with Crippen LogP contribution in [-0.4, -0.2) is 83.9 Å². The van der Waals surface area contributed by atoms with E-state index in [0.717, 1.165) is 18.8 Å². The number of esters is 1. The fourth-order valence-electron chi connectivity index (χ4n) is 7.36. The lowest BCUT2D eigenvalue weighted by atomic mass is 9.65. The molecule has 1 spiro atoms. The number of hydrogen-bond acceptors (Lipinski definition) is 7. The van der Waals surface area contributed by atoms with Crippen molar-refractivity contribution < 1.29 is 29.0 Å². The first-order valence-corrected chi connectivity index (χ1v) is 14.8. The third kappa shape index (κ3) is 4.51. The van der Waals surface area contributed by atoms with Crippen molar-refractivity contribution in [2.75, 3.05) is 42.6 Å². The predicted molar refractivity (Wildman–Crippen MR) is 154 cm³/mol. The van der Waals surface area contributed by atoms with Gasteiger partial charge < -0.3 is 29.3 Å². The molecule has 4 rings (SSSR count). The first kappa shape index (κ1) is 30.1. The zero-order valence-electron chi connectivity index (χ0n) is 24.6. The summed E-state index contributed by atoms with van der Waals surface area (Å²) in [5.41, 5.74) is -0.287. The van der Waals surface area contributed by atoms with Crippen LogP contribution in [0.3, 0.4) is 0 Å². The molecule has 220 valence electrons. The molecular formula is C31H45N3O6. The summed E-state index contributed by atoms with van der Waals surface area (Å²) >= 11 is 0. The van der Waals surface area contributed by atoms with E-state index < -0.39 is 41.1 Å². The van der Waals surface area contributed by atoms with E-state index in [4.69, 9.17) is 9.47 Å². The van der Waals surface area contributed by atoms with Gasteiger partial charge in [0.25, 0.3) is 5.91 Å². The molecule has 40 heavy (non-hydrogen) atoms. The summed E-state index contributed by atoms with van der Waals surface area (Å²) in [6, 6.07) is 6.24. The maximum absolute atomic E-state index is 14.7. The molecule has 0 radical (unpaired) electrons. The van der Waals surface area contributed by atoms with Crippen molar-refractivity contribution in [3.8, 4) is 0 Å². The van der Waals surface area contributed by atoms with Gasteiger partial charge in [0, 0.05) is 31.0 Å². The van der Waals surface area contributed by atoms with Crippen molar-refractivity contribution in [3.63, 3.8) is 0 Å². The molecule has 3 aliphatic rings. The van der Waals surface area contributed by atoms with Crippen LogP contribution in [0, 0.1) is 11.8 Å². The number of carbonyl (C=O) groups excluding carboxylic acids is 3. The molecule has 1 aromatic rings. The summed E-state index contributed by atoms with van der Waals surface area (Å²) < 4.78 is 12.2. The Hall–Kier alpha value is -2.91. The Bertz CT molecular complexity index is 1100. The first-order valence-electron chi connectivity index (χ1n) is 14.8. The number of aliphatic hydroxyl groups is 1. The smallest absolute Gasteiger partial charge is 0.312 e. The molecule has 6 atom stereocenters. The number of nitrogens with zero attached hydrogens (tertiary/aromatic N) is 3. The lowest BCUT2D eigenvalue weighted by Gasteiger charge is -2.39. The molecule has 9 nitrogen and oxygen atoms in total. The minimum Gasteiger partial charge on any atom is -0.466 e. The van der Waals surface area contributed by atoms with Crippen LogP contribution in [0.1, 0.15) is 60.3 Å². The van der Waals surface area contributed by atoms with Gasteiger partial charge in [-0.2, -0.15) is 0 Å². The lowest BCUT2D eigenvalue weighted by molar-refractivity contribution is -0.161. The second-order valence-corrected chi connectivity index (χ2v) is 11.0. The molecule has 1 N–H and O–H groups in total. The Morgan fingerprint density at radius 1 is 1.15 bits per heavy atom. The van der Waals surface area contributed by atoms with Crippen molar-refractivity contribution >= 4 is 29.2 Å². The molecule has 1 aromatic carbocycles. The third-order valence-electron chi connectivity index (χ3n) is 9.34. The highest BCUT2D eigenvalue weighted by molar-refractivity contribution is 6.05. The molecule has 9 heteroatoms. The van der Waals surface area contributed by atoms with Gasteiger partial charge in [-0.25, -0.2) is 0 Å². The van der Waals surface area contributed by atoms with Crippen LogP contribution in [0.5, 0.6) is 0 Å². The Morgan fingerprint density at radius 2 is 1.80 bits per heavy atom. The molecule has 0 aliphatic carbocycles. The molecule has 0 saturated carbocycles. The summed E-state index contributed by atoms with van der Waals surface area (Å²) in [6.45, 7) is 15.5. The fraction of sp³-hybridized carbons (Fsp3) is 0.645. The van der Waals surface area contributed by atoms with E-state index in [1.807, 2.05) is 38.1 Å². The zero-order valence-corrected chi connectivity index (χ0v) is 24.6. The molecule has 2 bridgehead atoms. The molecule has 3 saturated heterocycles. The highest BCUT2D eigenvalue weighted by atomic mass is 16.6. The van der Waals surface area contributed by atoms with E-state index in [1.165, 1.54) is 4.90 Å². The number of benzene rings is 1. The van der Waals surface area contributed by atoms with Crippen LogP contribution >= 0.6 is 0 Å². The van der Waals surface area contributed by atoms with Gasteiger partial charge >= 0.3 is 5.97 Å². The quantitative estimate of drug-likeness (QED) is 0.294. The number of amides is 2. The summed E-state index contributed by atoms with van der Waals surface area (Å²) in [7, 11) is 0.